The van der Waals surface area contributed by atoms with Crippen molar-refractivity contribution in [1.29, 1.82) is 5.26 Å². The van der Waals surface area contributed by atoms with Gasteiger partial charge < -0.3 is 9.73 Å². The van der Waals surface area contributed by atoms with Crippen molar-refractivity contribution in [3.63, 3.8) is 0 Å². The van der Waals surface area contributed by atoms with Crippen LogP contribution in [0, 0.1) is 18.3 Å². The highest BCUT2D eigenvalue weighted by Gasteiger charge is 2.12. The summed E-state index contributed by atoms with van der Waals surface area (Å²) in [6.07, 6.45) is 1.44. The van der Waals surface area contributed by atoms with E-state index in [9.17, 15) is 10.1 Å². The lowest BCUT2D eigenvalue weighted by atomic mass is 10.1. The number of carbonyl (C=O) groups is 1. The molecule has 0 unspecified atom stereocenters. The molecule has 0 bridgehead atoms. The highest BCUT2D eigenvalue weighted by Crippen LogP contribution is 2.25. The molecule has 0 aliphatic rings. The number of aryl methyl sites for hydroxylation is 1. The lowest BCUT2D eigenvalue weighted by Crippen LogP contribution is -2.14. The molecular weight excluding hydrogens is 392 g/mol. The molecule has 1 heterocycles. The normalized spacial score (nSPS) is 11.0. The third kappa shape index (κ3) is 4.11. The summed E-state index contributed by atoms with van der Waals surface area (Å²) in [6.45, 7) is 1.89. The molecule has 0 aliphatic heterocycles. The van der Waals surface area contributed by atoms with E-state index in [0.717, 1.165) is 15.6 Å². The van der Waals surface area contributed by atoms with E-state index in [4.69, 9.17) is 4.42 Å². The quantitative estimate of drug-likeness (QED) is 0.455. The Morgan fingerprint density at radius 3 is 2.54 bits per heavy atom. The molecule has 0 saturated carbocycles. The number of anilines is 1. The van der Waals surface area contributed by atoms with Gasteiger partial charge in [-0.2, -0.15) is 5.26 Å². The lowest BCUT2D eigenvalue weighted by Gasteiger charge is -2.06. The van der Waals surface area contributed by atoms with Crippen molar-refractivity contribution in [3.05, 3.63) is 82.0 Å². The number of benzene rings is 2. The van der Waals surface area contributed by atoms with Crippen molar-refractivity contribution in [3.8, 4) is 17.4 Å². The molecule has 1 N–H and O–H groups in total. The molecular formula is C21H15BrN2O2. The summed E-state index contributed by atoms with van der Waals surface area (Å²) < 4.78 is 6.72. The number of halogens is 1. The first-order valence-corrected chi connectivity index (χ1v) is 8.70. The van der Waals surface area contributed by atoms with Gasteiger partial charge in [-0.3, -0.25) is 4.79 Å². The fraction of sp³-hybridized carbons (Fsp3) is 0.0476. The van der Waals surface area contributed by atoms with Crippen molar-refractivity contribution in [2.75, 3.05) is 5.32 Å². The summed E-state index contributed by atoms with van der Waals surface area (Å²) in [5.41, 5.74) is 2.49. The molecule has 3 rings (SSSR count). The first-order chi connectivity index (χ1) is 12.6. The second-order valence-corrected chi connectivity index (χ2v) is 6.56. The predicted octanol–water partition coefficient (Wildman–Crippen LogP) is 5.56. The number of furan rings is 1. The van der Waals surface area contributed by atoms with Crippen molar-refractivity contribution in [1.82, 2.24) is 0 Å². The van der Waals surface area contributed by atoms with Crippen LogP contribution in [0.3, 0.4) is 0 Å². The molecule has 4 nitrogen and oxygen atoms in total. The summed E-state index contributed by atoms with van der Waals surface area (Å²) in [6, 6.07) is 20.6. The SMILES string of the molecule is Cc1ccccc1NC(=O)C(C#N)=Cc1ccc(-c2ccc(Br)cc2)o1. The number of nitrogens with one attached hydrogen (secondary N) is 1. The zero-order valence-corrected chi connectivity index (χ0v) is 15.6. The van der Waals surface area contributed by atoms with Gasteiger partial charge in [0.25, 0.3) is 5.91 Å². The Hall–Kier alpha value is -3.10. The first kappa shape index (κ1) is 17.7. The van der Waals surface area contributed by atoms with Gasteiger partial charge in [0.05, 0.1) is 0 Å². The molecule has 0 atom stereocenters. The number of amides is 1. The number of nitrogens with zero attached hydrogens (tertiary/aromatic N) is 1. The van der Waals surface area contributed by atoms with Crippen LogP contribution in [0.15, 0.2) is 75.1 Å². The highest BCUT2D eigenvalue weighted by atomic mass is 79.9. The molecule has 1 aromatic heterocycles. The topological polar surface area (TPSA) is 66.0 Å². The summed E-state index contributed by atoms with van der Waals surface area (Å²) >= 11 is 3.39. The number of rotatable bonds is 4. The molecule has 0 spiro atoms. The Bertz CT molecular complexity index is 1010. The van der Waals surface area contributed by atoms with E-state index >= 15 is 0 Å². The standard InChI is InChI=1S/C21H15BrN2O2/c1-14-4-2-3-5-19(14)24-21(25)16(13-23)12-18-10-11-20(26-18)15-6-8-17(22)9-7-15/h2-12H,1H3,(H,24,25). The van der Waals surface area contributed by atoms with Crippen molar-refractivity contribution in [2.45, 2.75) is 6.92 Å². The zero-order chi connectivity index (χ0) is 18.5. The van der Waals surface area contributed by atoms with E-state index in [-0.39, 0.29) is 5.57 Å². The van der Waals surface area contributed by atoms with Gasteiger partial charge in [-0.05, 0) is 42.8 Å². The third-order valence-corrected chi connectivity index (χ3v) is 4.33. The molecule has 26 heavy (non-hydrogen) atoms. The Balaban J connectivity index is 1.81. The van der Waals surface area contributed by atoms with Crippen LogP contribution < -0.4 is 5.32 Å². The van der Waals surface area contributed by atoms with Crippen LogP contribution in [0.2, 0.25) is 0 Å². The Kier molecular flexibility index (Phi) is 5.35. The smallest absolute Gasteiger partial charge is 0.266 e. The van der Waals surface area contributed by atoms with Crippen molar-refractivity contribution in [2.24, 2.45) is 0 Å². The maximum atomic E-state index is 12.4. The third-order valence-electron chi connectivity index (χ3n) is 3.80. The van der Waals surface area contributed by atoms with Gasteiger partial charge >= 0.3 is 0 Å². The molecule has 128 valence electrons. The van der Waals surface area contributed by atoms with Crippen LogP contribution in [0.1, 0.15) is 11.3 Å². The number of para-hydroxylation sites is 1. The number of nitriles is 1. The molecule has 0 fully saturated rings. The van der Waals surface area contributed by atoms with Gasteiger partial charge in [-0.1, -0.05) is 46.3 Å². The van der Waals surface area contributed by atoms with Crippen molar-refractivity contribution < 1.29 is 9.21 Å². The second kappa shape index (κ2) is 7.85. The predicted molar refractivity (Wildman–Crippen MR) is 105 cm³/mol. The fourth-order valence-electron chi connectivity index (χ4n) is 2.39. The van der Waals surface area contributed by atoms with Gasteiger partial charge in [0.1, 0.15) is 23.2 Å². The largest absolute Gasteiger partial charge is 0.457 e. The van der Waals surface area contributed by atoms with E-state index in [2.05, 4.69) is 21.2 Å². The van der Waals surface area contributed by atoms with E-state index in [1.54, 1.807) is 12.1 Å². The summed E-state index contributed by atoms with van der Waals surface area (Å²) in [5, 5.41) is 12.1. The van der Waals surface area contributed by atoms with E-state index in [1.165, 1.54) is 6.08 Å². The molecule has 0 aliphatic carbocycles. The van der Waals surface area contributed by atoms with Gasteiger partial charge in [0.15, 0.2) is 0 Å². The summed E-state index contributed by atoms with van der Waals surface area (Å²) in [5.74, 6) is 0.642. The maximum absolute atomic E-state index is 12.4. The van der Waals surface area contributed by atoms with Crippen LogP contribution in [0.25, 0.3) is 17.4 Å². The Morgan fingerprint density at radius 2 is 1.85 bits per heavy atom. The molecule has 5 heteroatoms. The molecule has 1 amide bonds. The highest BCUT2D eigenvalue weighted by molar-refractivity contribution is 9.10. The minimum Gasteiger partial charge on any atom is -0.457 e. The van der Waals surface area contributed by atoms with Gasteiger partial charge in [-0.15, -0.1) is 0 Å². The Labute approximate surface area is 159 Å². The van der Waals surface area contributed by atoms with Crippen LogP contribution >= 0.6 is 15.9 Å². The van der Waals surface area contributed by atoms with Crippen LogP contribution in [0.4, 0.5) is 5.69 Å². The van der Waals surface area contributed by atoms with Gasteiger partial charge in [-0.25, -0.2) is 0 Å². The average Bonchev–Trinajstić information content (AvgIpc) is 3.10. The second-order valence-electron chi connectivity index (χ2n) is 5.65. The molecule has 2 aromatic carbocycles. The van der Waals surface area contributed by atoms with Crippen LogP contribution in [0.5, 0.6) is 0 Å². The minimum absolute atomic E-state index is 0.0232. The van der Waals surface area contributed by atoms with E-state index < -0.39 is 5.91 Å². The van der Waals surface area contributed by atoms with E-state index in [0.29, 0.717) is 17.2 Å². The van der Waals surface area contributed by atoms with Crippen LogP contribution in [-0.4, -0.2) is 5.91 Å². The number of hydrogen-bond acceptors (Lipinski definition) is 3. The number of hydrogen-bond donors (Lipinski definition) is 1. The van der Waals surface area contributed by atoms with Crippen molar-refractivity contribution >= 4 is 33.6 Å². The first-order valence-electron chi connectivity index (χ1n) is 7.91. The van der Waals surface area contributed by atoms with Gasteiger partial charge in [0.2, 0.25) is 0 Å². The molecule has 0 saturated heterocycles. The molecule has 0 radical (unpaired) electrons. The zero-order valence-electron chi connectivity index (χ0n) is 14.0. The maximum Gasteiger partial charge on any atom is 0.266 e. The summed E-state index contributed by atoms with van der Waals surface area (Å²) in [7, 11) is 0. The number of carbonyl (C=O) groups excluding carboxylic acids is 1. The average molecular weight is 407 g/mol. The van der Waals surface area contributed by atoms with Crippen LogP contribution in [-0.2, 0) is 4.79 Å². The Morgan fingerprint density at radius 1 is 1.12 bits per heavy atom. The molecule has 3 aromatic rings. The van der Waals surface area contributed by atoms with E-state index in [1.807, 2.05) is 61.5 Å². The fourth-order valence-corrected chi connectivity index (χ4v) is 2.66. The monoisotopic (exact) mass is 406 g/mol. The summed E-state index contributed by atoms with van der Waals surface area (Å²) in [4.78, 5) is 12.4. The van der Waals surface area contributed by atoms with Gasteiger partial charge in [0, 0.05) is 21.8 Å². The lowest BCUT2D eigenvalue weighted by molar-refractivity contribution is -0.112. The minimum atomic E-state index is -0.469.